The summed E-state index contributed by atoms with van der Waals surface area (Å²) < 4.78 is 41.7. The van der Waals surface area contributed by atoms with Crippen molar-refractivity contribution < 1.29 is 18.0 Å². The molecule has 1 aliphatic rings. The second-order valence-electron chi connectivity index (χ2n) is 9.73. The van der Waals surface area contributed by atoms with Crippen LogP contribution in [0.1, 0.15) is 51.8 Å². The number of nitrogens with one attached hydrogen (secondary N) is 2. The van der Waals surface area contributed by atoms with Gasteiger partial charge in [-0.05, 0) is 78.4 Å². The van der Waals surface area contributed by atoms with Crippen molar-refractivity contribution in [3.05, 3.63) is 107 Å². The molecule has 0 unspecified atom stereocenters. The Morgan fingerprint density at radius 2 is 1.74 bits per heavy atom. The highest BCUT2D eigenvalue weighted by Gasteiger charge is 2.36. The zero-order valence-electron chi connectivity index (χ0n) is 21.1. The molecule has 1 amide bonds. The Balaban J connectivity index is 1.45. The summed E-state index contributed by atoms with van der Waals surface area (Å²) in [6, 6.07) is 22.0. The lowest BCUT2D eigenvalue weighted by Crippen LogP contribution is -2.25. The van der Waals surface area contributed by atoms with Crippen LogP contribution in [0.3, 0.4) is 0 Å². The minimum atomic E-state index is -4.72. The van der Waals surface area contributed by atoms with Crippen LogP contribution in [0.4, 0.5) is 24.5 Å². The summed E-state index contributed by atoms with van der Waals surface area (Å²) in [4.78, 5) is 13.3. The number of nitrogen functional groups attached to an aromatic ring is 1. The van der Waals surface area contributed by atoms with Gasteiger partial charge in [0.2, 0.25) is 0 Å². The third-order valence-electron chi connectivity index (χ3n) is 6.68. The first-order valence-corrected chi connectivity index (χ1v) is 12.7. The molecule has 1 aromatic heterocycles. The molecule has 39 heavy (non-hydrogen) atoms. The van der Waals surface area contributed by atoms with Gasteiger partial charge in [-0.25, -0.2) is 4.68 Å². The maximum absolute atomic E-state index is 13.6. The summed E-state index contributed by atoms with van der Waals surface area (Å²) in [5, 5.41) is 10.1. The Hall–Kier alpha value is -4.15. The summed E-state index contributed by atoms with van der Waals surface area (Å²) in [5.41, 5.74) is 14.2. The molecule has 0 aliphatic heterocycles. The van der Waals surface area contributed by atoms with E-state index in [2.05, 4.69) is 15.7 Å². The van der Waals surface area contributed by atoms with Crippen molar-refractivity contribution in [2.24, 2.45) is 11.7 Å². The number of benzene rings is 3. The van der Waals surface area contributed by atoms with E-state index in [1.165, 1.54) is 12.8 Å². The second kappa shape index (κ2) is 10.9. The third-order valence-corrected chi connectivity index (χ3v) is 6.68. The molecular formula is C29H29F3N6O. The molecule has 7 nitrogen and oxygen atoms in total. The van der Waals surface area contributed by atoms with Gasteiger partial charge in [-0.2, -0.15) is 18.3 Å². The van der Waals surface area contributed by atoms with E-state index in [-0.39, 0.29) is 18.3 Å². The highest BCUT2D eigenvalue weighted by molar-refractivity contribution is 6.03. The van der Waals surface area contributed by atoms with Crippen LogP contribution in [0.25, 0.3) is 5.69 Å². The fourth-order valence-electron chi connectivity index (χ4n) is 4.41. The van der Waals surface area contributed by atoms with Crippen molar-refractivity contribution in [3.63, 3.8) is 0 Å². The molecule has 1 atom stereocenters. The molecule has 0 radical (unpaired) electrons. The maximum Gasteiger partial charge on any atom is 0.435 e. The van der Waals surface area contributed by atoms with E-state index in [9.17, 15) is 18.0 Å². The lowest BCUT2D eigenvalue weighted by Gasteiger charge is -2.21. The lowest BCUT2D eigenvalue weighted by atomic mass is 9.97. The average Bonchev–Trinajstić information content (AvgIpc) is 3.63. The first-order chi connectivity index (χ1) is 18.7. The largest absolute Gasteiger partial charge is 0.435 e. The molecule has 1 heterocycles. The summed E-state index contributed by atoms with van der Waals surface area (Å²) >= 11 is 0. The standard InChI is InChI=1S/C29H29F3N6O/c30-29(31,32)26-15-25(38(37-26)24-6-1-3-19(13-24)16-33)28(39)36-23-5-2-4-21(14-23)27(35-17-18-7-8-18)20-9-11-22(34)12-10-20/h1-6,9-15,18,27,35H,7-8,16-17,33-34H2,(H,36,39)/t27-/m1/s1. The van der Waals surface area contributed by atoms with Crippen LogP contribution < -0.4 is 22.1 Å². The maximum atomic E-state index is 13.6. The second-order valence-corrected chi connectivity index (χ2v) is 9.73. The number of carbonyl (C=O) groups is 1. The van der Waals surface area contributed by atoms with Crippen LogP contribution in [-0.2, 0) is 12.7 Å². The first kappa shape index (κ1) is 26.5. The van der Waals surface area contributed by atoms with Crippen LogP contribution in [0, 0.1) is 5.92 Å². The van der Waals surface area contributed by atoms with E-state index in [1.54, 1.807) is 36.4 Å². The summed E-state index contributed by atoms with van der Waals surface area (Å²) in [5.74, 6) is -0.0756. The van der Waals surface area contributed by atoms with Gasteiger partial charge in [0.15, 0.2) is 5.69 Å². The van der Waals surface area contributed by atoms with Gasteiger partial charge in [0, 0.05) is 24.0 Å². The molecule has 1 saturated carbocycles. The Morgan fingerprint density at radius 1 is 1.00 bits per heavy atom. The van der Waals surface area contributed by atoms with E-state index >= 15 is 0 Å². The number of amides is 1. The topological polar surface area (TPSA) is 111 Å². The van der Waals surface area contributed by atoms with Gasteiger partial charge in [0.1, 0.15) is 5.69 Å². The lowest BCUT2D eigenvalue weighted by molar-refractivity contribution is -0.141. The van der Waals surface area contributed by atoms with Crippen molar-refractivity contribution >= 4 is 17.3 Å². The molecule has 1 aliphatic carbocycles. The van der Waals surface area contributed by atoms with Crippen molar-refractivity contribution in [1.82, 2.24) is 15.1 Å². The Kier molecular flexibility index (Phi) is 7.40. The SMILES string of the molecule is NCc1cccc(-n2nc(C(F)(F)F)cc2C(=O)Nc2cccc([C@H](NCC3CC3)c3ccc(N)cc3)c2)c1. The molecule has 0 saturated heterocycles. The van der Waals surface area contributed by atoms with Crippen LogP contribution >= 0.6 is 0 Å². The Labute approximate surface area is 224 Å². The van der Waals surface area contributed by atoms with Gasteiger partial charge in [-0.15, -0.1) is 0 Å². The highest BCUT2D eigenvalue weighted by Crippen LogP contribution is 2.32. The van der Waals surface area contributed by atoms with Crippen LogP contribution in [0.5, 0.6) is 0 Å². The number of carbonyl (C=O) groups excluding carboxylic acids is 1. The number of hydrogen-bond acceptors (Lipinski definition) is 5. The van der Waals surface area contributed by atoms with Crippen LogP contribution in [0.15, 0.2) is 78.9 Å². The van der Waals surface area contributed by atoms with Crippen molar-refractivity contribution in [3.8, 4) is 5.69 Å². The molecule has 6 N–H and O–H groups in total. The minimum Gasteiger partial charge on any atom is -0.399 e. The predicted octanol–water partition coefficient (Wildman–Crippen LogP) is 5.27. The summed E-state index contributed by atoms with van der Waals surface area (Å²) in [6.45, 7) is 1.05. The average molecular weight is 535 g/mol. The number of nitrogens with two attached hydrogens (primary N) is 2. The van der Waals surface area contributed by atoms with E-state index in [0.717, 1.165) is 28.4 Å². The molecule has 0 spiro atoms. The summed E-state index contributed by atoms with van der Waals surface area (Å²) in [7, 11) is 0. The van der Waals surface area contributed by atoms with E-state index < -0.39 is 17.8 Å². The molecular weight excluding hydrogens is 505 g/mol. The zero-order valence-corrected chi connectivity index (χ0v) is 21.1. The number of nitrogens with zero attached hydrogens (tertiary/aromatic N) is 2. The third kappa shape index (κ3) is 6.30. The quantitative estimate of drug-likeness (QED) is 0.219. The minimum absolute atomic E-state index is 0.149. The van der Waals surface area contributed by atoms with E-state index in [0.29, 0.717) is 28.5 Å². The molecule has 10 heteroatoms. The highest BCUT2D eigenvalue weighted by atomic mass is 19.4. The zero-order chi connectivity index (χ0) is 27.6. The first-order valence-electron chi connectivity index (χ1n) is 12.7. The van der Waals surface area contributed by atoms with Gasteiger partial charge in [-0.3, -0.25) is 4.79 Å². The van der Waals surface area contributed by atoms with Gasteiger partial charge in [0.05, 0.1) is 11.7 Å². The number of hydrogen-bond donors (Lipinski definition) is 4. The fourth-order valence-corrected chi connectivity index (χ4v) is 4.41. The monoisotopic (exact) mass is 534 g/mol. The van der Waals surface area contributed by atoms with Gasteiger partial charge >= 0.3 is 6.18 Å². The summed E-state index contributed by atoms with van der Waals surface area (Å²) in [6.07, 6.45) is -2.33. The molecule has 4 aromatic rings. The molecule has 202 valence electrons. The number of rotatable bonds is 9. The Morgan fingerprint density at radius 3 is 2.44 bits per heavy atom. The van der Waals surface area contributed by atoms with Gasteiger partial charge in [0.25, 0.3) is 5.91 Å². The predicted molar refractivity (Wildman–Crippen MR) is 144 cm³/mol. The van der Waals surface area contributed by atoms with Crippen molar-refractivity contribution in [1.29, 1.82) is 0 Å². The van der Waals surface area contributed by atoms with Crippen molar-refractivity contribution in [2.75, 3.05) is 17.6 Å². The molecule has 5 rings (SSSR count). The molecule has 1 fully saturated rings. The Bertz CT molecular complexity index is 1460. The van der Waals surface area contributed by atoms with Crippen molar-refractivity contribution in [2.45, 2.75) is 31.6 Å². The smallest absolute Gasteiger partial charge is 0.399 e. The number of anilines is 2. The van der Waals surface area contributed by atoms with Gasteiger partial charge < -0.3 is 22.1 Å². The molecule has 3 aromatic carbocycles. The molecule has 0 bridgehead atoms. The number of alkyl halides is 3. The number of aromatic nitrogens is 2. The fraction of sp³-hybridized carbons (Fsp3) is 0.241. The van der Waals surface area contributed by atoms with E-state index in [1.807, 2.05) is 36.4 Å². The normalized spacial score (nSPS) is 14.3. The van der Waals surface area contributed by atoms with Crippen LogP contribution in [0.2, 0.25) is 0 Å². The van der Waals surface area contributed by atoms with Gasteiger partial charge in [-0.1, -0.05) is 36.4 Å². The number of halogens is 3. The van der Waals surface area contributed by atoms with E-state index in [4.69, 9.17) is 11.5 Å². The van der Waals surface area contributed by atoms with Crippen LogP contribution in [-0.4, -0.2) is 22.2 Å².